The molecular formula is C17H20ClFN2. The molecule has 0 saturated carbocycles. The SMILES string of the molecule is CN(C)Cc1ccccc1CNCc1c(F)cccc1Cl. The van der Waals surface area contributed by atoms with Gasteiger partial charge in [0, 0.05) is 30.2 Å². The lowest BCUT2D eigenvalue weighted by molar-refractivity contribution is 0.400. The maximum Gasteiger partial charge on any atom is 0.129 e. The van der Waals surface area contributed by atoms with Gasteiger partial charge in [0.2, 0.25) is 0 Å². The Balaban J connectivity index is 2.01. The van der Waals surface area contributed by atoms with Crippen molar-refractivity contribution in [1.29, 1.82) is 0 Å². The highest BCUT2D eigenvalue weighted by Crippen LogP contribution is 2.19. The van der Waals surface area contributed by atoms with Crippen LogP contribution < -0.4 is 5.32 Å². The second kappa shape index (κ2) is 7.55. The topological polar surface area (TPSA) is 15.3 Å². The van der Waals surface area contributed by atoms with E-state index in [4.69, 9.17) is 11.6 Å². The van der Waals surface area contributed by atoms with Gasteiger partial charge in [-0.25, -0.2) is 4.39 Å². The quantitative estimate of drug-likeness (QED) is 0.872. The van der Waals surface area contributed by atoms with E-state index in [0.29, 0.717) is 23.7 Å². The first-order chi connectivity index (χ1) is 10.1. The van der Waals surface area contributed by atoms with Crippen molar-refractivity contribution in [2.45, 2.75) is 19.6 Å². The van der Waals surface area contributed by atoms with Crippen LogP contribution >= 0.6 is 11.6 Å². The van der Waals surface area contributed by atoms with Crippen LogP contribution in [0, 0.1) is 5.82 Å². The fourth-order valence-electron chi connectivity index (χ4n) is 2.25. The van der Waals surface area contributed by atoms with E-state index in [-0.39, 0.29) is 5.82 Å². The van der Waals surface area contributed by atoms with Crippen LogP contribution in [0.15, 0.2) is 42.5 Å². The van der Waals surface area contributed by atoms with Gasteiger partial charge in [0.1, 0.15) is 5.82 Å². The number of hydrogen-bond acceptors (Lipinski definition) is 2. The molecule has 0 fully saturated rings. The minimum atomic E-state index is -0.267. The molecule has 112 valence electrons. The summed E-state index contributed by atoms with van der Waals surface area (Å²) in [6, 6.07) is 13.0. The first kappa shape index (κ1) is 16.0. The minimum absolute atomic E-state index is 0.267. The molecule has 2 nitrogen and oxygen atoms in total. The second-order valence-electron chi connectivity index (χ2n) is 5.31. The summed E-state index contributed by atoms with van der Waals surface area (Å²) in [5.41, 5.74) is 3.01. The van der Waals surface area contributed by atoms with E-state index in [2.05, 4.69) is 22.3 Å². The highest BCUT2D eigenvalue weighted by Gasteiger charge is 2.07. The molecule has 0 aliphatic rings. The van der Waals surface area contributed by atoms with Gasteiger partial charge in [0.15, 0.2) is 0 Å². The van der Waals surface area contributed by atoms with Crippen molar-refractivity contribution in [2.24, 2.45) is 0 Å². The number of hydrogen-bond donors (Lipinski definition) is 1. The number of halogens is 2. The zero-order valence-electron chi connectivity index (χ0n) is 12.4. The third-order valence-corrected chi connectivity index (χ3v) is 3.64. The maximum absolute atomic E-state index is 13.7. The largest absolute Gasteiger partial charge is 0.308 e. The summed E-state index contributed by atoms with van der Waals surface area (Å²) >= 11 is 6.02. The van der Waals surface area contributed by atoms with E-state index in [9.17, 15) is 4.39 Å². The van der Waals surface area contributed by atoms with Crippen molar-refractivity contribution < 1.29 is 4.39 Å². The molecule has 2 aromatic carbocycles. The summed E-state index contributed by atoms with van der Waals surface area (Å²) in [5, 5.41) is 3.73. The minimum Gasteiger partial charge on any atom is -0.308 e. The number of nitrogens with zero attached hydrogens (tertiary/aromatic N) is 1. The number of rotatable bonds is 6. The van der Waals surface area contributed by atoms with Crippen molar-refractivity contribution in [3.63, 3.8) is 0 Å². The highest BCUT2D eigenvalue weighted by atomic mass is 35.5. The normalized spacial score (nSPS) is 11.1. The Hall–Kier alpha value is -1.42. The molecule has 0 aliphatic carbocycles. The summed E-state index contributed by atoms with van der Waals surface area (Å²) in [4.78, 5) is 2.13. The van der Waals surface area contributed by atoms with Gasteiger partial charge in [-0.05, 0) is 37.4 Å². The van der Waals surface area contributed by atoms with Gasteiger partial charge in [-0.1, -0.05) is 41.9 Å². The van der Waals surface area contributed by atoms with Crippen molar-refractivity contribution in [3.05, 3.63) is 70.0 Å². The lowest BCUT2D eigenvalue weighted by atomic mass is 10.1. The van der Waals surface area contributed by atoms with Gasteiger partial charge in [0.05, 0.1) is 0 Å². The Labute approximate surface area is 130 Å². The van der Waals surface area contributed by atoms with Crippen LogP contribution in [0.3, 0.4) is 0 Å². The van der Waals surface area contributed by atoms with Crippen LogP contribution in [0.2, 0.25) is 5.02 Å². The van der Waals surface area contributed by atoms with Crippen molar-refractivity contribution >= 4 is 11.6 Å². The molecule has 0 radical (unpaired) electrons. The standard InChI is InChI=1S/C17H20ClFN2/c1-21(2)12-14-7-4-3-6-13(14)10-20-11-15-16(18)8-5-9-17(15)19/h3-9,20H,10-12H2,1-2H3. The Bertz CT molecular complexity index is 579. The number of benzene rings is 2. The van der Waals surface area contributed by atoms with Crippen LogP contribution in [0.1, 0.15) is 16.7 Å². The van der Waals surface area contributed by atoms with Crippen LogP contribution in [0.25, 0.3) is 0 Å². The Morgan fingerprint density at radius 2 is 1.71 bits per heavy atom. The molecule has 0 aliphatic heterocycles. The van der Waals surface area contributed by atoms with Crippen LogP contribution in [-0.2, 0) is 19.6 Å². The molecule has 21 heavy (non-hydrogen) atoms. The summed E-state index contributed by atoms with van der Waals surface area (Å²) in [6.45, 7) is 1.99. The summed E-state index contributed by atoms with van der Waals surface area (Å²) in [7, 11) is 4.09. The molecule has 2 aromatic rings. The van der Waals surface area contributed by atoms with Crippen molar-refractivity contribution in [1.82, 2.24) is 10.2 Å². The first-order valence-electron chi connectivity index (χ1n) is 6.93. The zero-order valence-corrected chi connectivity index (χ0v) is 13.1. The molecule has 0 amide bonds. The van der Waals surface area contributed by atoms with Crippen molar-refractivity contribution in [2.75, 3.05) is 14.1 Å². The van der Waals surface area contributed by atoms with Gasteiger partial charge < -0.3 is 10.2 Å². The van der Waals surface area contributed by atoms with Crippen LogP contribution in [-0.4, -0.2) is 19.0 Å². The monoisotopic (exact) mass is 306 g/mol. The molecule has 1 N–H and O–H groups in total. The Morgan fingerprint density at radius 3 is 2.38 bits per heavy atom. The predicted octanol–water partition coefficient (Wildman–Crippen LogP) is 3.83. The summed E-state index contributed by atoms with van der Waals surface area (Å²) in [5.74, 6) is -0.267. The molecule has 0 atom stereocenters. The molecule has 0 aromatic heterocycles. The molecule has 0 heterocycles. The highest BCUT2D eigenvalue weighted by molar-refractivity contribution is 6.31. The van der Waals surface area contributed by atoms with E-state index >= 15 is 0 Å². The fourth-order valence-corrected chi connectivity index (χ4v) is 2.48. The van der Waals surface area contributed by atoms with Gasteiger partial charge in [0.25, 0.3) is 0 Å². The van der Waals surface area contributed by atoms with E-state index in [0.717, 1.165) is 6.54 Å². The molecule has 0 spiro atoms. The maximum atomic E-state index is 13.7. The van der Waals surface area contributed by atoms with E-state index in [1.54, 1.807) is 12.1 Å². The van der Waals surface area contributed by atoms with Crippen LogP contribution in [0.4, 0.5) is 4.39 Å². The molecule has 0 bridgehead atoms. The lowest BCUT2D eigenvalue weighted by Gasteiger charge is -2.15. The Morgan fingerprint density at radius 1 is 1.00 bits per heavy atom. The first-order valence-corrected chi connectivity index (χ1v) is 7.31. The Kier molecular flexibility index (Phi) is 5.74. The third kappa shape index (κ3) is 4.53. The molecule has 4 heteroatoms. The van der Waals surface area contributed by atoms with Gasteiger partial charge >= 0.3 is 0 Å². The van der Waals surface area contributed by atoms with E-state index < -0.39 is 0 Å². The third-order valence-electron chi connectivity index (χ3n) is 3.28. The average molecular weight is 307 g/mol. The van der Waals surface area contributed by atoms with Gasteiger partial charge in [-0.2, -0.15) is 0 Å². The van der Waals surface area contributed by atoms with Crippen LogP contribution in [0.5, 0.6) is 0 Å². The second-order valence-corrected chi connectivity index (χ2v) is 5.72. The van der Waals surface area contributed by atoms with E-state index in [1.165, 1.54) is 17.2 Å². The summed E-state index contributed by atoms with van der Waals surface area (Å²) in [6.07, 6.45) is 0. The molecular weight excluding hydrogens is 287 g/mol. The number of nitrogens with one attached hydrogen (secondary N) is 1. The van der Waals surface area contributed by atoms with Crippen molar-refractivity contribution in [3.8, 4) is 0 Å². The molecule has 0 unspecified atom stereocenters. The molecule has 0 saturated heterocycles. The predicted molar refractivity (Wildman–Crippen MR) is 85.8 cm³/mol. The van der Waals surface area contributed by atoms with Gasteiger partial charge in [-0.15, -0.1) is 0 Å². The fraction of sp³-hybridized carbons (Fsp3) is 0.294. The lowest BCUT2D eigenvalue weighted by Crippen LogP contribution is -2.17. The zero-order chi connectivity index (χ0) is 15.2. The average Bonchev–Trinajstić information content (AvgIpc) is 2.43. The summed E-state index contributed by atoms with van der Waals surface area (Å²) < 4.78 is 13.7. The smallest absolute Gasteiger partial charge is 0.129 e. The van der Waals surface area contributed by atoms with E-state index in [1.807, 2.05) is 26.2 Å². The van der Waals surface area contributed by atoms with Gasteiger partial charge in [-0.3, -0.25) is 0 Å². The molecule has 2 rings (SSSR count).